The fourth-order valence-electron chi connectivity index (χ4n) is 1.39. The number of hydrogen-bond acceptors (Lipinski definition) is 1. The van der Waals surface area contributed by atoms with E-state index >= 15 is 0 Å². The summed E-state index contributed by atoms with van der Waals surface area (Å²) in [6.45, 7) is 8.42. The second-order valence-corrected chi connectivity index (χ2v) is 3.73. The van der Waals surface area contributed by atoms with Crippen LogP contribution in [0.3, 0.4) is 0 Å². The van der Waals surface area contributed by atoms with Gasteiger partial charge in [0, 0.05) is 19.1 Å². The molecule has 3 heteroatoms. The van der Waals surface area contributed by atoms with Crippen molar-refractivity contribution in [2.24, 2.45) is 0 Å². The molecular weight excluding hydrogens is 162 g/mol. The van der Waals surface area contributed by atoms with E-state index in [0.717, 1.165) is 12.8 Å². The number of rotatable bonds is 4. The Morgan fingerprint density at radius 3 is 2.08 bits per heavy atom. The highest BCUT2D eigenvalue weighted by atomic mass is 15.3. The highest BCUT2D eigenvalue weighted by Gasteiger charge is 2.13. The fraction of sp³-hybridized carbons (Fsp3) is 0.900. The highest BCUT2D eigenvalue weighted by Crippen LogP contribution is 2.05. The molecule has 0 aromatic carbocycles. The van der Waals surface area contributed by atoms with E-state index in [1.807, 2.05) is 11.9 Å². The number of nitrogens with zero attached hydrogens (tertiary/aromatic N) is 1. The second kappa shape index (κ2) is 5.84. The van der Waals surface area contributed by atoms with Crippen LogP contribution in [-0.2, 0) is 0 Å². The van der Waals surface area contributed by atoms with Crippen molar-refractivity contribution in [1.82, 2.24) is 10.2 Å². The van der Waals surface area contributed by atoms with Crippen molar-refractivity contribution in [3.05, 3.63) is 0 Å². The minimum Gasteiger partial charge on any atom is -0.354 e. The quantitative estimate of drug-likeness (QED) is 0.519. The maximum absolute atomic E-state index is 7.78. The molecule has 0 aromatic rings. The van der Waals surface area contributed by atoms with E-state index in [1.165, 1.54) is 0 Å². The smallest absolute Gasteiger partial charge is 0.191 e. The first-order valence-electron chi connectivity index (χ1n) is 5.10. The van der Waals surface area contributed by atoms with E-state index < -0.39 is 0 Å². The summed E-state index contributed by atoms with van der Waals surface area (Å²) in [5.41, 5.74) is 0. The maximum atomic E-state index is 7.78. The van der Waals surface area contributed by atoms with Crippen molar-refractivity contribution in [1.29, 1.82) is 5.41 Å². The second-order valence-electron chi connectivity index (χ2n) is 3.73. The Hall–Kier alpha value is -0.730. The van der Waals surface area contributed by atoms with Gasteiger partial charge in [0.1, 0.15) is 0 Å². The molecule has 0 aliphatic carbocycles. The number of hydrogen-bond donors (Lipinski definition) is 2. The Kier molecular flexibility index (Phi) is 5.51. The third kappa shape index (κ3) is 4.15. The van der Waals surface area contributed by atoms with Crippen LogP contribution < -0.4 is 5.32 Å². The molecule has 0 aromatic heterocycles. The molecule has 0 spiro atoms. The van der Waals surface area contributed by atoms with Gasteiger partial charge >= 0.3 is 0 Å². The van der Waals surface area contributed by atoms with Gasteiger partial charge in [0.25, 0.3) is 0 Å². The van der Waals surface area contributed by atoms with Gasteiger partial charge in [-0.25, -0.2) is 0 Å². The molecule has 0 aliphatic rings. The van der Waals surface area contributed by atoms with Crippen LogP contribution in [0.5, 0.6) is 0 Å². The van der Waals surface area contributed by atoms with Crippen LogP contribution >= 0.6 is 0 Å². The molecule has 0 rings (SSSR count). The van der Waals surface area contributed by atoms with Gasteiger partial charge in [-0.05, 0) is 26.7 Å². The molecule has 0 bridgehead atoms. The van der Waals surface area contributed by atoms with Crippen LogP contribution in [0.4, 0.5) is 0 Å². The van der Waals surface area contributed by atoms with Gasteiger partial charge in [-0.1, -0.05) is 13.8 Å². The lowest BCUT2D eigenvalue weighted by Crippen LogP contribution is -2.46. The topological polar surface area (TPSA) is 39.1 Å². The average Bonchev–Trinajstić information content (AvgIpc) is 2.05. The van der Waals surface area contributed by atoms with Crippen LogP contribution in [0.2, 0.25) is 0 Å². The first-order chi connectivity index (χ1) is 6.02. The average molecular weight is 185 g/mol. The molecule has 0 amide bonds. The predicted octanol–water partition coefficient (Wildman–Crippen LogP) is 2.04. The summed E-state index contributed by atoms with van der Waals surface area (Å²) in [6, 6.07) is 0.822. The Balaban J connectivity index is 4.07. The molecule has 13 heavy (non-hydrogen) atoms. The molecular formula is C10H23N3. The maximum Gasteiger partial charge on any atom is 0.191 e. The minimum absolute atomic E-state index is 0.337. The third-order valence-corrected chi connectivity index (χ3v) is 2.27. The molecule has 0 atom stereocenters. The Bertz CT molecular complexity index is 150. The summed E-state index contributed by atoms with van der Waals surface area (Å²) < 4.78 is 0. The van der Waals surface area contributed by atoms with Crippen LogP contribution in [0.1, 0.15) is 40.5 Å². The van der Waals surface area contributed by atoms with Gasteiger partial charge in [-0.15, -0.1) is 0 Å². The summed E-state index contributed by atoms with van der Waals surface area (Å²) in [7, 11) is 1.98. The van der Waals surface area contributed by atoms with Crippen LogP contribution in [0.25, 0.3) is 0 Å². The molecule has 0 saturated carbocycles. The van der Waals surface area contributed by atoms with Crippen molar-refractivity contribution >= 4 is 5.96 Å². The lowest BCUT2D eigenvalue weighted by Gasteiger charge is -2.29. The molecule has 0 saturated heterocycles. The Morgan fingerprint density at radius 2 is 1.77 bits per heavy atom. The van der Waals surface area contributed by atoms with E-state index in [-0.39, 0.29) is 0 Å². The summed E-state index contributed by atoms with van der Waals surface area (Å²) in [5.74, 6) is 0.531. The van der Waals surface area contributed by atoms with E-state index in [9.17, 15) is 0 Å². The lowest BCUT2D eigenvalue weighted by molar-refractivity contribution is 0.330. The van der Waals surface area contributed by atoms with E-state index in [4.69, 9.17) is 5.41 Å². The van der Waals surface area contributed by atoms with Crippen molar-refractivity contribution in [2.75, 3.05) is 7.05 Å². The summed E-state index contributed by atoms with van der Waals surface area (Å²) in [5, 5.41) is 10.9. The predicted molar refractivity (Wildman–Crippen MR) is 58.1 cm³/mol. The highest BCUT2D eigenvalue weighted by molar-refractivity contribution is 5.76. The zero-order valence-electron chi connectivity index (χ0n) is 9.52. The van der Waals surface area contributed by atoms with Crippen LogP contribution in [-0.4, -0.2) is 30.0 Å². The fourth-order valence-corrected chi connectivity index (χ4v) is 1.39. The Morgan fingerprint density at radius 1 is 1.31 bits per heavy atom. The first-order valence-corrected chi connectivity index (χ1v) is 5.10. The van der Waals surface area contributed by atoms with Gasteiger partial charge in [0.05, 0.1) is 0 Å². The van der Waals surface area contributed by atoms with Gasteiger partial charge in [0.15, 0.2) is 5.96 Å². The van der Waals surface area contributed by atoms with Crippen molar-refractivity contribution in [2.45, 2.75) is 52.6 Å². The molecule has 0 fully saturated rings. The number of guanidine groups is 1. The summed E-state index contributed by atoms with van der Waals surface area (Å²) in [6.07, 6.45) is 2.18. The summed E-state index contributed by atoms with van der Waals surface area (Å²) in [4.78, 5) is 2.01. The summed E-state index contributed by atoms with van der Waals surface area (Å²) >= 11 is 0. The zero-order valence-corrected chi connectivity index (χ0v) is 9.52. The van der Waals surface area contributed by atoms with Gasteiger partial charge in [0.2, 0.25) is 0 Å². The van der Waals surface area contributed by atoms with E-state index in [1.54, 1.807) is 0 Å². The van der Waals surface area contributed by atoms with Crippen LogP contribution in [0.15, 0.2) is 0 Å². The van der Waals surface area contributed by atoms with Gasteiger partial charge < -0.3 is 10.2 Å². The van der Waals surface area contributed by atoms with Crippen molar-refractivity contribution in [3.63, 3.8) is 0 Å². The molecule has 0 unspecified atom stereocenters. The van der Waals surface area contributed by atoms with Crippen LogP contribution in [0, 0.1) is 5.41 Å². The van der Waals surface area contributed by atoms with Gasteiger partial charge in [-0.2, -0.15) is 0 Å². The SMILES string of the molecule is CCC(CC)N(C)C(=N)NC(C)C. The molecule has 78 valence electrons. The normalized spacial score (nSPS) is 10.7. The van der Waals surface area contributed by atoms with Gasteiger partial charge in [-0.3, -0.25) is 5.41 Å². The van der Waals surface area contributed by atoms with Crippen molar-refractivity contribution in [3.8, 4) is 0 Å². The standard InChI is InChI=1S/C10H23N3/c1-6-9(7-2)13(5)10(11)12-8(3)4/h8-9H,6-7H2,1-5H3,(H2,11,12). The molecule has 0 radical (unpaired) electrons. The monoisotopic (exact) mass is 185 g/mol. The van der Waals surface area contributed by atoms with E-state index in [2.05, 4.69) is 33.0 Å². The molecule has 0 aliphatic heterocycles. The number of nitrogens with one attached hydrogen (secondary N) is 2. The first kappa shape index (κ1) is 12.3. The molecule has 0 heterocycles. The lowest BCUT2D eigenvalue weighted by atomic mass is 10.1. The van der Waals surface area contributed by atoms with E-state index in [0.29, 0.717) is 18.0 Å². The largest absolute Gasteiger partial charge is 0.354 e. The zero-order chi connectivity index (χ0) is 10.4. The minimum atomic E-state index is 0.337. The Labute approximate surface area is 82.0 Å². The molecule has 2 N–H and O–H groups in total. The third-order valence-electron chi connectivity index (χ3n) is 2.27. The molecule has 3 nitrogen and oxygen atoms in total. The van der Waals surface area contributed by atoms with Crippen molar-refractivity contribution < 1.29 is 0 Å².